The molecule has 1 heterocycles. The molecule has 1 amide bonds. The summed E-state index contributed by atoms with van der Waals surface area (Å²) >= 11 is 0. The molecule has 1 saturated heterocycles. The van der Waals surface area contributed by atoms with Gasteiger partial charge < -0.3 is 14.7 Å². The van der Waals surface area contributed by atoms with E-state index < -0.39 is 11.5 Å². The second kappa shape index (κ2) is 4.88. The van der Waals surface area contributed by atoms with Crippen LogP contribution in [-0.2, 0) is 14.3 Å². The van der Waals surface area contributed by atoms with Crippen LogP contribution in [0.25, 0.3) is 0 Å². The smallest absolute Gasteiger partial charge is 0.329 e. The van der Waals surface area contributed by atoms with Gasteiger partial charge in [0.25, 0.3) is 0 Å². The number of amides is 1. The van der Waals surface area contributed by atoms with Crippen LogP contribution in [0.1, 0.15) is 34.6 Å². The Hall–Kier alpha value is -1.10. The van der Waals surface area contributed by atoms with E-state index in [1.165, 1.54) is 18.7 Å². The Morgan fingerprint density at radius 1 is 1.17 bits per heavy atom. The molecule has 0 aromatic heterocycles. The van der Waals surface area contributed by atoms with Crippen molar-refractivity contribution in [2.24, 2.45) is 11.8 Å². The Morgan fingerprint density at radius 2 is 1.67 bits per heavy atom. The minimum absolute atomic E-state index is 0.0234. The van der Waals surface area contributed by atoms with Crippen molar-refractivity contribution in [3.8, 4) is 0 Å². The van der Waals surface area contributed by atoms with Crippen molar-refractivity contribution in [3.05, 3.63) is 0 Å². The van der Waals surface area contributed by atoms with Crippen LogP contribution in [0.5, 0.6) is 0 Å². The molecule has 0 radical (unpaired) electrons. The molecular formula is C13H23NO4. The first-order chi connectivity index (χ1) is 8.10. The van der Waals surface area contributed by atoms with Gasteiger partial charge in [0.15, 0.2) is 0 Å². The molecule has 5 heteroatoms. The summed E-state index contributed by atoms with van der Waals surface area (Å²) in [6.07, 6.45) is -0.148. The van der Waals surface area contributed by atoms with E-state index in [2.05, 4.69) is 0 Å². The zero-order valence-corrected chi connectivity index (χ0v) is 11.9. The average Bonchev–Trinajstić information content (AvgIpc) is 2.51. The van der Waals surface area contributed by atoms with Crippen molar-refractivity contribution in [2.75, 3.05) is 7.05 Å². The molecule has 4 atom stereocenters. The number of carboxylic acid groups (broad SMARTS) is 1. The summed E-state index contributed by atoms with van der Waals surface area (Å²) in [5, 5.41) is 9.16. The fourth-order valence-corrected chi connectivity index (χ4v) is 2.33. The van der Waals surface area contributed by atoms with Crippen LogP contribution in [0.4, 0.5) is 0 Å². The lowest BCUT2D eigenvalue weighted by molar-refractivity contribution is -0.158. The van der Waals surface area contributed by atoms with Crippen LogP contribution in [0.2, 0.25) is 0 Å². The highest BCUT2D eigenvalue weighted by molar-refractivity contribution is 5.87. The number of carboxylic acids is 1. The van der Waals surface area contributed by atoms with E-state index in [0.29, 0.717) is 0 Å². The molecule has 1 rings (SSSR count). The Morgan fingerprint density at radius 3 is 2.00 bits per heavy atom. The van der Waals surface area contributed by atoms with Crippen LogP contribution in [0.3, 0.4) is 0 Å². The fourth-order valence-electron chi connectivity index (χ4n) is 2.33. The van der Waals surface area contributed by atoms with Crippen LogP contribution in [-0.4, -0.2) is 46.7 Å². The predicted molar refractivity (Wildman–Crippen MR) is 67.1 cm³/mol. The number of nitrogens with zero attached hydrogens (tertiary/aromatic N) is 1. The predicted octanol–water partition coefficient (Wildman–Crippen LogP) is 1.37. The molecular weight excluding hydrogens is 234 g/mol. The molecule has 4 unspecified atom stereocenters. The van der Waals surface area contributed by atoms with E-state index in [1.807, 2.05) is 20.8 Å². The van der Waals surface area contributed by atoms with Gasteiger partial charge in [-0.2, -0.15) is 0 Å². The summed E-state index contributed by atoms with van der Waals surface area (Å²) < 4.78 is 5.64. The van der Waals surface area contributed by atoms with Gasteiger partial charge in [-0.3, -0.25) is 4.79 Å². The number of ether oxygens (including phenoxy) is 1. The molecule has 0 bridgehead atoms. The first-order valence-electron chi connectivity index (χ1n) is 6.27. The molecule has 0 aromatic carbocycles. The summed E-state index contributed by atoms with van der Waals surface area (Å²) in [5.41, 5.74) is -1.21. The second-order valence-electron chi connectivity index (χ2n) is 5.69. The van der Waals surface area contributed by atoms with Crippen molar-refractivity contribution >= 4 is 11.9 Å². The summed E-state index contributed by atoms with van der Waals surface area (Å²) in [6.45, 7) is 8.84. The normalized spacial score (nSPS) is 32.3. The van der Waals surface area contributed by atoms with E-state index in [1.54, 1.807) is 7.05 Å². The number of hydrogen-bond donors (Lipinski definition) is 1. The van der Waals surface area contributed by atoms with Gasteiger partial charge in [-0.05, 0) is 33.6 Å². The first kappa shape index (κ1) is 15.0. The third kappa shape index (κ3) is 2.36. The van der Waals surface area contributed by atoms with Crippen molar-refractivity contribution in [2.45, 2.75) is 52.4 Å². The summed E-state index contributed by atoms with van der Waals surface area (Å²) in [5.74, 6) is -1.35. The van der Waals surface area contributed by atoms with Gasteiger partial charge in [-0.1, -0.05) is 6.92 Å². The summed E-state index contributed by atoms with van der Waals surface area (Å²) in [4.78, 5) is 24.9. The maximum Gasteiger partial charge on any atom is 0.329 e. The van der Waals surface area contributed by atoms with Gasteiger partial charge in [0.2, 0.25) is 5.91 Å². The van der Waals surface area contributed by atoms with Crippen molar-refractivity contribution in [3.63, 3.8) is 0 Å². The van der Waals surface area contributed by atoms with Gasteiger partial charge in [0, 0.05) is 7.05 Å². The maximum atomic E-state index is 12.4. The van der Waals surface area contributed by atoms with Gasteiger partial charge in [-0.15, -0.1) is 0 Å². The van der Waals surface area contributed by atoms with Gasteiger partial charge >= 0.3 is 5.97 Å². The summed E-state index contributed by atoms with van der Waals surface area (Å²) in [6, 6.07) is 0. The van der Waals surface area contributed by atoms with Crippen molar-refractivity contribution in [1.82, 2.24) is 4.90 Å². The highest BCUT2D eigenvalue weighted by Crippen LogP contribution is 2.34. The third-order valence-corrected chi connectivity index (χ3v) is 4.22. The molecule has 1 fully saturated rings. The molecule has 104 valence electrons. The Bertz CT molecular complexity index is 353. The van der Waals surface area contributed by atoms with Crippen LogP contribution < -0.4 is 0 Å². The topological polar surface area (TPSA) is 66.8 Å². The van der Waals surface area contributed by atoms with E-state index in [0.717, 1.165) is 0 Å². The van der Waals surface area contributed by atoms with Crippen LogP contribution >= 0.6 is 0 Å². The van der Waals surface area contributed by atoms with Gasteiger partial charge in [-0.25, -0.2) is 4.79 Å². The van der Waals surface area contributed by atoms with E-state index in [9.17, 15) is 9.59 Å². The third-order valence-electron chi connectivity index (χ3n) is 4.22. The lowest BCUT2D eigenvalue weighted by atomic mass is 9.87. The standard InChI is InChI=1S/C13H23NO4/c1-7-8(2)18-9(3)10(7)11(15)14(6)13(4,5)12(16)17/h7-10H,1-6H3,(H,16,17). The SMILES string of the molecule is CC1OC(C)C(C(=O)N(C)C(C)(C)C(=O)O)C1C. The molecule has 1 aliphatic heterocycles. The molecule has 1 aliphatic rings. The molecule has 0 saturated carbocycles. The molecule has 0 aliphatic carbocycles. The lowest BCUT2D eigenvalue weighted by Gasteiger charge is -2.35. The van der Waals surface area contributed by atoms with Crippen LogP contribution in [0, 0.1) is 11.8 Å². The first-order valence-corrected chi connectivity index (χ1v) is 6.27. The van der Waals surface area contributed by atoms with Gasteiger partial charge in [0.05, 0.1) is 18.1 Å². The Kier molecular flexibility index (Phi) is 4.05. The minimum Gasteiger partial charge on any atom is -0.480 e. The quantitative estimate of drug-likeness (QED) is 0.829. The Labute approximate surface area is 108 Å². The van der Waals surface area contributed by atoms with Crippen molar-refractivity contribution < 1.29 is 19.4 Å². The van der Waals surface area contributed by atoms with E-state index in [-0.39, 0.29) is 30.0 Å². The largest absolute Gasteiger partial charge is 0.480 e. The number of likely N-dealkylation sites (N-methyl/N-ethyl adjacent to an activating group) is 1. The highest BCUT2D eigenvalue weighted by Gasteiger charge is 2.46. The zero-order valence-electron chi connectivity index (χ0n) is 11.9. The number of hydrogen-bond acceptors (Lipinski definition) is 3. The molecule has 5 nitrogen and oxygen atoms in total. The number of carbonyl (C=O) groups excluding carboxylic acids is 1. The van der Waals surface area contributed by atoms with Crippen LogP contribution in [0.15, 0.2) is 0 Å². The summed E-state index contributed by atoms with van der Waals surface area (Å²) in [7, 11) is 1.54. The average molecular weight is 257 g/mol. The van der Waals surface area contributed by atoms with E-state index in [4.69, 9.17) is 9.84 Å². The second-order valence-corrected chi connectivity index (χ2v) is 5.69. The molecule has 0 spiro atoms. The molecule has 18 heavy (non-hydrogen) atoms. The lowest BCUT2D eigenvalue weighted by Crippen LogP contribution is -2.54. The number of carbonyl (C=O) groups is 2. The molecule has 1 N–H and O–H groups in total. The minimum atomic E-state index is -1.21. The number of rotatable bonds is 3. The zero-order chi connectivity index (χ0) is 14.2. The fraction of sp³-hybridized carbons (Fsp3) is 0.846. The van der Waals surface area contributed by atoms with Crippen molar-refractivity contribution in [1.29, 1.82) is 0 Å². The maximum absolute atomic E-state index is 12.4. The van der Waals surface area contributed by atoms with E-state index >= 15 is 0 Å². The number of aliphatic carboxylic acids is 1. The van der Waals surface area contributed by atoms with Gasteiger partial charge in [0.1, 0.15) is 5.54 Å². The monoisotopic (exact) mass is 257 g/mol. The molecule has 0 aromatic rings. The highest BCUT2D eigenvalue weighted by atomic mass is 16.5. The Balaban J connectivity index is 2.91.